The molecule has 5 atom stereocenters. The monoisotopic (exact) mass is 605 g/mol. The number of carbonyl (C=O) groups is 3. The number of nitrogens with zero attached hydrogens (tertiary/aromatic N) is 1. The molecule has 1 rings (SSSR count). The molecule has 240 valence electrons. The van der Waals surface area contributed by atoms with Crippen LogP contribution in [0.2, 0.25) is 18.1 Å². The molecule has 1 aromatic rings. The van der Waals surface area contributed by atoms with E-state index in [9.17, 15) is 19.5 Å². The summed E-state index contributed by atoms with van der Waals surface area (Å²) in [6, 6.07) is 9.39. The van der Waals surface area contributed by atoms with Gasteiger partial charge in [0.2, 0.25) is 0 Å². The van der Waals surface area contributed by atoms with Gasteiger partial charge in [0, 0.05) is 13.5 Å². The number of aliphatic hydroxyl groups excluding tert-OH is 1. The minimum absolute atomic E-state index is 0.0863. The van der Waals surface area contributed by atoms with Gasteiger partial charge in [0.1, 0.15) is 6.29 Å². The van der Waals surface area contributed by atoms with Gasteiger partial charge in [0.05, 0.1) is 24.2 Å². The molecule has 42 heavy (non-hydrogen) atoms. The Morgan fingerprint density at radius 2 is 1.62 bits per heavy atom. The Kier molecular flexibility index (Phi) is 16.2. The number of likely N-dealkylation sites (N-methyl/N-ethyl adjacent to an activating group) is 1. The first kappa shape index (κ1) is 38.0. The fourth-order valence-electron chi connectivity index (χ4n) is 4.74. The zero-order chi connectivity index (χ0) is 32.1. The van der Waals surface area contributed by atoms with Crippen molar-refractivity contribution < 1.29 is 28.7 Å². The molecule has 0 aliphatic heterocycles. The second-order valence-electron chi connectivity index (χ2n) is 13.7. The molecule has 0 fully saturated rings. The van der Waals surface area contributed by atoms with Crippen LogP contribution in [0.3, 0.4) is 0 Å². The zero-order valence-corrected chi connectivity index (χ0v) is 29.0. The second-order valence-corrected chi connectivity index (χ2v) is 18.4. The molecule has 0 aliphatic rings. The first-order chi connectivity index (χ1) is 19.6. The lowest BCUT2D eigenvalue weighted by Gasteiger charge is -2.43. The third-order valence-corrected chi connectivity index (χ3v) is 13.3. The van der Waals surface area contributed by atoms with Gasteiger partial charge in [-0.3, -0.25) is 9.59 Å². The van der Waals surface area contributed by atoms with Crippen molar-refractivity contribution in [3.8, 4) is 0 Å². The number of rotatable bonds is 19. The Balaban J connectivity index is 3.22. The van der Waals surface area contributed by atoms with Gasteiger partial charge in [-0.15, -0.1) is 0 Å². The molecule has 0 saturated carbocycles. The highest BCUT2D eigenvalue weighted by Gasteiger charge is 2.43. The van der Waals surface area contributed by atoms with Crippen LogP contribution in [0.4, 0.5) is 0 Å². The van der Waals surface area contributed by atoms with E-state index in [-0.39, 0.29) is 23.3 Å². The minimum Gasteiger partial charge on any atom is -0.452 e. The Labute approximate surface area is 256 Å². The SMILES string of the molecule is CCCCCCC[C@@H](O)[C@H](C)C(=O)O[C@H](C(=O)N(C)[C@@H](Cc1ccccc1)[C@@H](CC=O)O[Si](C)(C)C(C)(C)C)C(C)C. The van der Waals surface area contributed by atoms with E-state index in [1.165, 1.54) is 6.42 Å². The van der Waals surface area contributed by atoms with Crippen LogP contribution in [-0.2, 0) is 30.0 Å². The summed E-state index contributed by atoms with van der Waals surface area (Å²) < 4.78 is 12.6. The van der Waals surface area contributed by atoms with Crippen molar-refractivity contribution in [2.75, 3.05) is 7.05 Å². The van der Waals surface area contributed by atoms with Gasteiger partial charge in [-0.05, 0) is 49.4 Å². The molecule has 0 heterocycles. The molecule has 0 unspecified atom stereocenters. The van der Waals surface area contributed by atoms with Gasteiger partial charge in [-0.2, -0.15) is 0 Å². The maximum Gasteiger partial charge on any atom is 0.312 e. The van der Waals surface area contributed by atoms with E-state index in [0.717, 1.165) is 37.5 Å². The molecule has 0 saturated heterocycles. The number of esters is 1. The highest BCUT2D eigenvalue weighted by Crippen LogP contribution is 2.38. The van der Waals surface area contributed by atoms with Gasteiger partial charge in [0.15, 0.2) is 14.4 Å². The molecule has 1 amide bonds. The van der Waals surface area contributed by atoms with Crippen molar-refractivity contribution in [1.29, 1.82) is 0 Å². The van der Waals surface area contributed by atoms with E-state index >= 15 is 0 Å². The van der Waals surface area contributed by atoms with E-state index in [1.807, 2.05) is 44.2 Å². The summed E-state index contributed by atoms with van der Waals surface area (Å²) in [7, 11) is -0.589. The number of amides is 1. The number of hydrogen-bond acceptors (Lipinski definition) is 6. The molecule has 8 heteroatoms. The van der Waals surface area contributed by atoms with Crippen molar-refractivity contribution in [2.45, 2.75) is 142 Å². The number of benzene rings is 1. The average molecular weight is 606 g/mol. The minimum atomic E-state index is -2.30. The average Bonchev–Trinajstić information content (AvgIpc) is 2.92. The summed E-state index contributed by atoms with van der Waals surface area (Å²) in [5.41, 5.74) is 1.02. The van der Waals surface area contributed by atoms with Crippen molar-refractivity contribution in [2.24, 2.45) is 11.8 Å². The summed E-state index contributed by atoms with van der Waals surface area (Å²) in [4.78, 5) is 40.7. The van der Waals surface area contributed by atoms with E-state index in [2.05, 4.69) is 40.8 Å². The number of unbranched alkanes of at least 4 members (excludes halogenated alkanes) is 4. The van der Waals surface area contributed by atoms with Crippen molar-refractivity contribution in [1.82, 2.24) is 4.90 Å². The molecule has 0 radical (unpaired) electrons. The van der Waals surface area contributed by atoms with Gasteiger partial charge in [-0.1, -0.05) is 104 Å². The third kappa shape index (κ3) is 11.9. The number of hydrogen-bond donors (Lipinski definition) is 1. The quantitative estimate of drug-likeness (QED) is 0.0793. The summed E-state index contributed by atoms with van der Waals surface area (Å²) in [6.45, 7) is 18.2. The molecule has 1 aromatic carbocycles. The molecule has 0 spiro atoms. The number of aldehydes is 1. The van der Waals surface area contributed by atoms with E-state index in [4.69, 9.17) is 9.16 Å². The normalized spacial score (nSPS) is 15.9. The largest absolute Gasteiger partial charge is 0.452 e. The van der Waals surface area contributed by atoms with Crippen molar-refractivity contribution in [3.63, 3.8) is 0 Å². The Morgan fingerprint density at radius 3 is 2.14 bits per heavy atom. The summed E-state index contributed by atoms with van der Waals surface area (Å²) >= 11 is 0. The fourth-order valence-corrected chi connectivity index (χ4v) is 6.10. The Hall–Kier alpha value is -2.03. The van der Waals surface area contributed by atoms with Crippen LogP contribution >= 0.6 is 0 Å². The van der Waals surface area contributed by atoms with Crippen LogP contribution in [0.15, 0.2) is 30.3 Å². The van der Waals surface area contributed by atoms with Crippen molar-refractivity contribution >= 4 is 26.5 Å². The summed E-state index contributed by atoms with van der Waals surface area (Å²) in [5.74, 6) is -1.93. The maximum absolute atomic E-state index is 14.0. The first-order valence-electron chi connectivity index (χ1n) is 15.9. The highest BCUT2D eigenvalue weighted by molar-refractivity contribution is 6.74. The molecular formula is C34H59NO6Si. The van der Waals surface area contributed by atoms with Crippen LogP contribution in [0, 0.1) is 11.8 Å². The highest BCUT2D eigenvalue weighted by atomic mass is 28.4. The van der Waals surface area contributed by atoms with E-state index in [1.54, 1.807) is 18.9 Å². The van der Waals surface area contributed by atoms with E-state index < -0.39 is 44.6 Å². The lowest BCUT2D eigenvalue weighted by atomic mass is 9.96. The van der Waals surface area contributed by atoms with Crippen LogP contribution in [0.1, 0.15) is 99.0 Å². The lowest BCUT2D eigenvalue weighted by molar-refractivity contribution is -0.170. The maximum atomic E-state index is 14.0. The van der Waals surface area contributed by atoms with Gasteiger partial charge in [0.25, 0.3) is 5.91 Å². The van der Waals surface area contributed by atoms with Crippen LogP contribution < -0.4 is 0 Å². The van der Waals surface area contributed by atoms with Crippen molar-refractivity contribution in [3.05, 3.63) is 35.9 Å². The Morgan fingerprint density at radius 1 is 1.02 bits per heavy atom. The second kappa shape index (κ2) is 17.9. The topological polar surface area (TPSA) is 93.1 Å². The first-order valence-corrected chi connectivity index (χ1v) is 18.8. The number of carbonyl (C=O) groups excluding carboxylic acids is 3. The summed E-state index contributed by atoms with van der Waals surface area (Å²) in [6.07, 6.45) is 4.96. The molecule has 1 N–H and O–H groups in total. The predicted molar refractivity (Wildman–Crippen MR) is 173 cm³/mol. The molecule has 0 bridgehead atoms. The fraction of sp³-hybridized carbons (Fsp3) is 0.735. The predicted octanol–water partition coefficient (Wildman–Crippen LogP) is 6.96. The third-order valence-electron chi connectivity index (χ3n) is 8.79. The number of ether oxygens (including phenoxy) is 1. The molecule has 0 aromatic heterocycles. The van der Waals surface area contributed by atoms with Gasteiger partial charge >= 0.3 is 5.97 Å². The van der Waals surface area contributed by atoms with Crippen LogP contribution in [0.25, 0.3) is 0 Å². The molecular weight excluding hydrogens is 546 g/mol. The molecule has 7 nitrogen and oxygen atoms in total. The Bertz CT molecular complexity index is 945. The lowest BCUT2D eigenvalue weighted by Crippen LogP contribution is -2.55. The molecule has 0 aliphatic carbocycles. The van der Waals surface area contributed by atoms with Gasteiger partial charge in [-0.25, -0.2) is 0 Å². The smallest absolute Gasteiger partial charge is 0.312 e. The zero-order valence-electron chi connectivity index (χ0n) is 28.0. The van der Waals surface area contributed by atoms with Gasteiger partial charge < -0.3 is 24.0 Å². The van der Waals surface area contributed by atoms with Crippen LogP contribution in [-0.4, -0.2) is 67.9 Å². The van der Waals surface area contributed by atoms with E-state index in [0.29, 0.717) is 12.8 Å². The number of aliphatic hydroxyl groups is 1. The standard InChI is InChI=1S/C34H59NO6Si/c1-11-12-13-14-18-21-29(37)26(4)33(39)40-31(25(2)3)32(38)35(8)28(24-27-19-16-15-17-20-27)30(22-23-36)41-42(9,10)34(5,6)7/h15-17,19-20,23,25-26,28-31,37H,11-14,18,21-22,24H2,1-10H3/t26-,28-,29+,30+,31-/m0/s1. The van der Waals surface area contributed by atoms with Crippen LogP contribution in [0.5, 0.6) is 0 Å². The summed E-state index contributed by atoms with van der Waals surface area (Å²) in [5, 5.41) is 10.6.